The minimum atomic E-state index is -0.440. The van der Waals surface area contributed by atoms with E-state index in [1.807, 2.05) is 0 Å². The van der Waals surface area contributed by atoms with E-state index in [1.165, 1.54) is 18.2 Å². The van der Waals surface area contributed by atoms with Gasteiger partial charge >= 0.3 is 0 Å². The number of benzene rings is 2. The summed E-state index contributed by atoms with van der Waals surface area (Å²) in [6, 6.07) is 12.5. The molecule has 0 aliphatic rings. The third-order valence-corrected chi connectivity index (χ3v) is 2.65. The maximum Gasteiger partial charge on any atom is 0.272 e. The number of halogens is 1. The second-order valence-electron chi connectivity index (χ2n) is 3.91. The SMILES string of the molecule is O=[N+]([O-])c1ccccc1CCOc1ccccc1F. The van der Waals surface area contributed by atoms with Crippen LogP contribution < -0.4 is 4.74 Å². The third-order valence-electron chi connectivity index (χ3n) is 2.65. The molecule has 0 aliphatic carbocycles. The largest absolute Gasteiger partial charge is 0.490 e. The van der Waals surface area contributed by atoms with Gasteiger partial charge in [0, 0.05) is 18.1 Å². The summed E-state index contributed by atoms with van der Waals surface area (Å²) in [5.74, 6) is -0.286. The Morgan fingerprint density at radius 3 is 2.53 bits per heavy atom. The number of nitro groups is 1. The highest BCUT2D eigenvalue weighted by Crippen LogP contribution is 2.19. The molecule has 0 N–H and O–H groups in total. The highest BCUT2D eigenvalue weighted by Gasteiger charge is 2.12. The van der Waals surface area contributed by atoms with E-state index in [4.69, 9.17) is 4.74 Å². The Balaban J connectivity index is 2.00. The molecule has 2 aromatic carbocycles. The number of rotatable bonds is 5. The first kappa shape index (κ1) is 13.0. The number of hydrogen-bond acceptors (Lipinski definition) is 3. The molecule has 5 heteroatoms. The lowest BCUT2D eigenvalue weighted by Gasteiger charge is -2.07. The average molecular weight is 261 g/mol. The molecule has 4 nitrogen and oxygen atoms in total. The van der Waals surface area contributed by atoms with Gasteiger partial charge in [-0.15, -0.1) is 0 Å². The molecular weight excluding hydrogens is 249 g/mol. The molecule has 0 fully saturated rings. The molecule has 2 aromatic rings. The average Bonchev–Trinajstić information content (AvgIpc) is 2.41. The first-order valence-corrected chi connectivity index (χ1v) is 5.78. The van der Waals surface area contributed by atoms with E-state index in [0.29, 0.717) is 12.0 Å². The molecule has 0 spiro atoms. The zero-order valence-electron chi connectivity index (χ0n) is 10.1. The number of nitrogens with zero attached hydrogens (tertiary/aromatic N) is 1. The van der Waals surface area contributed by atoms with Crippen LogP contribution in [0.2, 0.25) is 0 Å². The molecule has 0 radical (unpaired) electrons. The Labute approximate surface area is 109 Å². The molecule has 0 unspecified atom stereocenters. The summed E-state index contributed by atoms with van der Waals surface area (Å²) in [5, 5.41) is 10.8. The first-order chi connectivity index (χ1) is 9.18. The van der Waals surface area contributed by atoms with E-state index < -0.39 is 10.7 Å². The van der Waals surface area contributed by atoms with Crippen molar-refractivity contribution < 1.29 is 14.1 Å². The maximum atomic E-state index is 13.3. The van der Waals surface area contributed by atoms with Gasteiger partial charge in [-0.05, 0) is 12.1 Å². The number of hydrogen-bond donors (Lipinski definition) is 0. The summed E-state index contributed by atoms with van der Waals surface area (Å²) in [4.78, 5) is 10.4. The van der Waals surface area contributed by atoms with Crippen molar-refractivity contribution in [1.82, 2.24) is 0 Å². The van der Waals surface area contributed by atoms with Crippen molar-refractivity contribution >= 4 is 5.69 Å². The van der Waals surface area contributed by atoms with Crippen LogP contribution in [0.1, 0.15) is 5.56 Å². The van der Waals surface area contributed by atoms with Gasteiger partial charge in [0.05, 0.1) is 11.5 Å². The predicted octanol–water partition coefficient (Wildman–Crippen LogP) is 3.36. The molecule has 0 aromatic heterocycles. The van der Waals surface area contributed by atoms with E-state index in [1.54, 1.807) is 30.3 Å². The molecule has 0 saturated heterocycles. The summed E-state index contributed by atoms with van der Waals surface area (Å²) in [5.41, 5.74) is 0.628. The molecule has 98 valence electrons. The minimum absolute atomic E-state index is 0.0552. The van der Waals surface area contributed by atoms with Gasteiger partial charge in [0.1, 0.15) is 0 Å². The maximum absolute atomic E-state index is 13.3. The Bertz CT molecular complexity index is 586. The molecule has 19 heavy (non-hydrogen) atoms. The Morgan fingerprint density at radius 2 is 1.79 bits per heavy atom. The lowest BCUT2D eigenvalue weighted by Crippen LogP contribution is -2.04. The molecule has 2 rings (SSSR count). The molecule has 0 atom stereocenters. The van der Waals surface area contributed by atoms with Crippen LogP contribution in [-0.2, 0) is 6.42 Å². The fourth-order valence-corrected chi connectivity index (χ4v) is 1.73. The monoisotopic (exact) mass is 261 g/mol. The van der Waals surface area contributed by atoms with Crippen LogP contribution in [0, 0.1) is 15.9 Å². The van der Waals surface area contributed by atoms with Gasteiger partial charge in [-0.25, -0.2) is 4.39 Å². The van der Waals surface area contributed by atoms with Crippen LogP contribution >= 0.6 is 0 Å². The van der Waals surface area contributed by atoms with Crippen LogP contribution in [0.4, 0.5) is 10.1 Å². The van der Waals surface area contributed by atoms with Gasteiger partial charge in [-0.3, -0.25) is 10.1 Å². The highest BCUT2D eigenvalue weighted by atomic mass is 19.1. The zero-order valence-corrected chi connectivity index (χ0v) is 10.1. The standard InChI is InChI=1S/C14H12FNO3/c15-12-6-2-4-8-14(12)19-10-9-11-5-1-3-7-13(11)16(17)18/h1-8H,9-10H2. The van der Waals surface area contributed by atoms with Crippen molar-refractivity contribution in [2.24, 2.45) is 0 Å². The molecule has 0 aliphatic heterocycles. The van der Waals surface area contributed by atoms with Gasteiger partial charge in [-0.2, -0.15) is 0 Å². The summed E-state index contributed by atoms with van der Waals surface area (Å²) < 4.78 is 18.6. The van der Waals surface area contributed by atoms with Crippen molar-refractivity contribution in [3.63, 3.8) is 0 Å². The smallest absolute Gasteiger partial charge is 0.272 e. The van der Waals surface area contributed by atoms with Crippen molar-refractivity contribution in [3.8, 4) is 5.75 Å². The third kappa shape index (κ3) is 3.28. The molecular formula is C14H12FNO3. The number of ether oxygens (including phenoxy) is 1. The second kappa shape index (κ2) is 5.95. The molecule has 0 bridgehead atoms. The van der Waals surface area contributed by atoms with Crippen LogP contribution in [0.5, 0.6) is 5.75 Å². The lowest BCUT2D eigenvalue weighted by molar-refractivity contribution is -0.385. The minimum Gasteiger partial charge on any atom is -0.490 e. The Morgan fingerprint density at radius 1 is 1.11 bits per heavy atom. The van der Waals surface area contributed by atoms with Gasteiger partial charge in [0.15, 0.2) is 11.6 Å². The zero-order chi connectivity index (χ0) is 13.7. The van der Waals surface area contributed by atoms with Crippen LogP contribution in [0.25, 0.3) is 0 Å². The summed E-state index contributed by atoms with van der Waals surface area (Å²) in [6.45, 7) is 0.186. The van der Waals surface area contributed by atoms with Crippen molar-refractivity contribution in [2.75, 3.05) is 6.61 Å². The first-order valence-electron chi connectivity index (χ1n) is 5.78. The Hall–Kier alpha value is -2.43. The van der Waals surface area contributed by atoms with Crippen molar-refractivity contribution in [1.29, 1.82) is 0 Å². The van der Waals surface area contributed by atoms with E-state index in [2.05, 4.69) is 0 Å². The lowest BCUT2D eigenvalue weighted by atomic mass is 10.1. The van der Waals surface area contributed by atoms with Crippen LogP contribution in [-0.4, -0.2) is 11.5 Å². The molecule has 0 heterocycles. The van der Waals surface area contributed by atoms with E-state index in [0.717, 1.165) is 0 Å². The normalized spacial score (nSPS) is 10.2. The molecule has 0 amide bonds. The summed E-state index contributed by atoms with van der Waals surface area (Å²) in [7, 11) is 0. The Kier molecular flexibility index (Phi) is 4.07. The number of para-hydroxylation sites is 2. The van der Waals surface area contributed by atoms with E-state index in [-0.39, 0.29) is 18.0 Å². The summed E-state index contributed by atoms with van der Waals surface area (Å²) in [6.07, 6.45) is 0.353. The van der Waals surface area contributed by atoms with Gasteiger partial charge in [0.25, 0.3) is 5.69 Å². The van der Waals surface area contributed by atoms with Crippen LogP contribution in [0.15, 0.2) is 48.5 Å². The van der Waals surface area contributed by atoms with Gasteiger partial charge in [0.2, 0.25) is 0 Å². The van der Waals surface area contributed by atoms with Crippen molar-refractivity contribution in [2.45, 2.75) is 6.42 Å². The number of nitro benzene ring substituents is 1. The fourth-order valence-electron chi connectivity index (χ4n) is 1.73. The van der Waals surface area contributed by atoms with E-state index >= 15 is 0 Å². The predicted molar refractivity (Wildman–Crippen MR) is 68.7 cm³/mol. The topological polar surface area (TPSA) is 52.4 Å². The van der Waals surface area contributed by atoms with Gasteiger partial charge < -0.3 is 4.74 Å². The van der Waals surface area contributed by atoms with Crippen LogP contribution in [0.3, 0.4) is 0 Å². The van der Waals surface area contributed by atoms with E-state index in [9.17, 15) is 14.5 Å². The van der Waals surface area contributed by atoms with Gasteiger partial charge in [-0.1, -0.05) is 30.3 Å². The molecule has 0 saturated carbocycles. The van der Waals surface area contributed by atoms with Crippen molar-refractivity contribution in [3.05, 3.63) is 70.0 Å². The second-order valence-corrected chi connectivity index (χ2v) is 3.91. The quantitative estimate of drug-likeness (QED) is 0.612. The highest BCUT2D eigenvalue weighted by molar-refractivity contribution is 5.39. The summed E-state index contributed by atoms with van der Waals surface area (Å²) >= 11 is 0. The fraction of sp³-hybridized carbons (Fsp3) is 0.143.